The van der Waals surface area contributed by atoms with Gasteiger partial charge in [-0.25, -0.2) is 0 Å². The Morgan fingerprint density at radius 3 is 2.62 bits per heavy atom. The van der Waals surface area contributed by atoms with Gasteiger partial charge in [-0.1, -0.05) is 6.92 Å². The number of carbonyl (C=O) groups is 2. The second kappa shape index (κ2) is 6.48. The lowest BCUT2D eigenvalue weighted by Crippen LogP contribution is -2.42. The summed E-state index contributed by atoms with van der Waals surface area (Å²) in [5, 5.41) is 11.4. The Balaban J connectivity index is 2.28. The number of nitrogens with one attached hydrogen (secondary N) is 1. The molecule has 16 heavy (non-hydrogen) atoms. The zero-order valence-electron chi connectivity index (χ0n) is 9.74. The van der Waals surface area contributed by atoms with Gasteiger partial charge in [-0.2, -0.15) is 0 Å². The van der Waals surface area contributed by atoms with Crippen LogP contribution in [0.15, 0.2) is 0 Å². The van der Waals surface area contributed by atoms with E-state index >= 15 is 0 Å². The molecule has 1 aliphatic carbocycles. The van der Waals surface area contributed by atoms with Crippen LogP contribution in [-0.4, -0.2) is 47.6 Å². The Labute approximate surface area is 95.8 Å². The fraction of sp³-hybridized carbons (Fsp3) is 0.818. The summed E-state index contributed by atoms with van der Waals surface area (Å²) in [4.78, 5) is 24.6. The van der Waals surface area contributed by atoms with E-state index < -0.39 is 0 Å². The fourth-order valence-corrected chi connectivity index (χ4v) is 1.60. The highest BCUT2D eigenvalue weighted by Gasteiger charge is 2.31. The molecule has 0 atom stereocenters. The molecule has 0 bridgehead atoms. The molecule has 0 spiro atoms. The van der Waals surface area contributed by atoms with Crippen LogP contribution in [0.2, 0.25) is 0 Å². The Hall–Kier alpha value is -1.10. The number of amides is 2. The molecule has 2 amide bonds. The molecule has 0 radical (unpaired) electrons. The van der Waals surface area contributed by atoms with Crippen molar-refractivity contribution in [3.63, 3.8) is 0 Å². The lowest BCUT2D eigenvalue weighted by molar-refractivity contribution is -0.133. The van der Waals surface area contributed by atoms with Crippen molar-refractivity contribution >= 4 is 11.8 Å². The number of nitrogens with zero attached hydrogens (tertiary/aromatic N) is 1. The predicted molar refractivity (Wildman–Crippen MR) is 59.7 cm³/mol. The maximum Gasteiger partial charge on any atom is 0.242 e. The summed E-state index contributed by atoms with van der Waals surface area (Å²) in [6.45, 7) is 2.32. The van der Waals surface area contributed by atoms with Crippen LogP contribution in [-0.2, 0) is 9.59 Å². The van der Waals surface area contributed by atoms with Gasteiger partial charge >= 0.3 is 0 Å². The summed E-state index contributed by atoms with van der Waals surface area (Å²) in [7, 11) is 0. The van der Waals surface area contributed by atoms with E-state index in [1.54, 1.807) is 4.90 Å². The largest absolute Gasteiger partial charge is 0.395 e. The molecule has 0 aromatic heterocycles. The van der Waals surface area contributed by atoms with Crippen LogP contribution in [0.4, 0.5) is 0 Å². The van der Waals surface area contributed by atoms with Crippen LogP contribution in [0.25, 0.3) is 0 Å². The van der Waals surface area contributed by atoms with E-state index in [9.17, 15) is 9.59 Å². The average Bonchev–Trinajstić information content (AvgIpc) is 3.07. The molecule has 0 heterocycles. The number of hydrogen-bond donors (Lipinski definition) is 2. The first-order chi connectivity index (χ1) is 7.69. The average molecular weight is 228 g/mol. The molecule has 92 valence electrons. The van der Waals surface area contributed by atoms with Crippen LogP contribution in [0.1, 0.15) is 32.6 Å². The molecule has 0 aromatic carbocycles. The summed E-state index contributed by atoms with van der Waals surface area (Å²) in [5.41, 5.74) is 0. The third-order valence-electron chi connectivity index (χ3n) is 2.56. The molecule has 0 saturated heterocycles. The van der Waals surface area contributed by atoms with Gasteiger partial charge in [0.05, 0.1) is 13.2 Å². The van der Waals surface area contributed by atoms with Gasteiger partial charge in [0.15, 0.2) is 0 Å². The van der Waals surface area contributed by atoms with Crippen molar-refractivity contribution < 1.29 is 14.7 Å². The molecular weight excluding hydrogens is 208 g/mol. The predicted octanol–water partition coefficient (Wildman–Crippen LogP) is -0.114. The summed E-state index contributed by atoms with van der Waals surface area (Å²) in [6, 6.07) is 0.280. The van der Waals surface area contributed by atoms with Crippen molar-refractivity contribution in [1.82, 2.24) is 10.2 Å². The minimum Gasteiger partial charge on any atom is -0.395 e. The van der Waals surface area contributed by atoms with Gasteiger partial charge in [0.2, 0.25) is 11.8 Å². The number of aliphatic hydroxyl groups excluding tert-OH is 1. The Kier molecular flexibility index (Phi) is 5.25. The van der Waals surface area contributed by atoms with E-state index in [-0.39, 0.29) is 31.0 Å². The summed E-state index contributed by atoms with van der Waals surface area (Å²) in [5.74, 6) is -0.184. The number of rotatable bonds is 7. The molecule has 1 aliphatic rings. The molecule has 0 aliphatic heterocycles. The fourth-order valence-electron chi connectivity index (χ4n) is 1.60. The molecule has 5 heteroatoms. The van der Waals surface area contributed by atoms with E-state index in [4.69, 9.17) is 5.11 Å². The highest BCUT2D eigenvalue weighted by Crippen LogP contribution is 2.26. The van der Waals surface area contributed by atoms with E-state index in [0.29, 0.717) is 13.0 Å². The second-order valence-electron chi connectivity index (χ2n) is 4.07. The highest BCUT2D eigenvalue weighted by atomic mass is 16.3. The van der Waals surface area contributed by atoms with E-state index in [0.717, 1.165) is 19.3 Å². The van der Waals surface area contributed by atoms with Crippen molar-refractivity contribution in [2.75, 3.05) is 19.7 Å². The van der Waals surface area contributed by atoms with Gasteiger partial charge in [-0.3, -0.25) is 9.59 Å². The van der Waals surface area contributed by atoms with E-state index in [1.807, 2.05) is 6.92 Å². The van der Waals surface area contributed by atoms with Crippen LogP contribution < -0.4 is 5.32 Å². The molecular formula is C11H20N2O3. The molecule has 5 nitrogen and oxygen atoms in total. The summed E-state index contributed by atoms with van der Waals surface area (Å²) >= 11 is 0. The normalized spacial score (nSPS) is 14.6. The van der Waals surface area contributed by atoms with Gasteiger partial charge in [0.25, 0.3) is 0 Å². The zero-order chi connectivity index (χ0) is 12.0. The smallest absolute Gasteiger partial charge is 0.242 e. The Bertz CT molecular complexity index is 252. The SMILES string of the molecule is CCCC(=O)NCC(=O)N(CCO)C1CC1. The first-order valence-corrected chi connectivity index (χ1v) is 5.86. The van der Waals surface area contributed by atoms with Crippen molar-refractivity contribution in [3.8, 4) is 0 Å². The molecule has 1 fully saturated rings. The maximum absolute atomic E-state index is 11.7. The lowest BCUT2D eigenvalue weighted by atomic mass is 10.3. The number of aliphatic hydroxyl groups is 1. The number of hydrogen-bond acceptors (Lipinski definition) is 3. The highest BCUT2D eigenvalue weighted by molar-refractivity contribution is 5.85. The van der Waals surface area contributed by atoms with Gasteiger partial charge < -0.3 is 15.3 Å². The van der Waals surface area contributed by atoms with Crippen LogP contribution >= 0.6 is 0 Å². The first-order valence-electron chi connectivity index (χ1n) is 5.86. The summed E-state index contributed by atoms with van der Waals surface area (Å²) in [6.07, 6.45) is 3.25. The van der Waals surface area contributed by atoms with Gasteiger partial charge in [0.1, 0.15) is 0 Å². The van der Waals surface area contributed by atoms with E-state index in [2.05, 4.69) is 5.32 Å². The van der Waals surface area contributed by atoms with Gasteiger partial charge in [0, 0.05) is 19.0 Å². The Morgan fingerprint density at radius 2 is 2.12 bits per heavy atom. The minimum atomic E-state index is -0.0963. The van der Waals surface area contributed by atoms with Crippen LogP contribution in [0, 0.1) is 0 Å². The molecule has 1 rings (SSSR count). The standard InChI is InChI=1S/C11H20N2O3/c1-2-3-10(15)12-8-11(16)13(6-7-14)9-4-5-9/h9,14H,2-8H2,1H3,(H,12,15). The van der Waals surface area contributed by atoms with Crippen molar-refractivity contribution in [2.24, 2.45) is 0 Å². The molecule has 0 aromatic rings. The van der Waals surface area contributed by atoms with Gasteiger partial charge in [-0.05, 0) is 19.3 Å². The summed E-state index contributed by atoms with van der Waals surface area (Å²) < 4.78 is 0. The maximum atomic E-state index is 11.7. The van der Waals surface area contributed by atoms with Crippen LogP contribution in [0.5, 0.6) is 0 Å². The number of carbonyl (C=O) groups excluding carboxylic acids is 2. The molecule has 0 unspecified atom stereocenters. The Morgan fingerprint density at radius 1 is 1.44 bits per heavy atom. The monoisotopic (exact) mass is 228 g/mol. The lowest BCUT2D eigenvalue weighted by Gasteiger charge is -2.21. The van der Waals surface area contributed by atoms with Crippen molar-refractivity contribution in [3.05, 3.63) is 0 Å². The van der Waals surface area contributed by atoms with Crippen molar-refractivity contribution in [2.45, 2.75) is 38.6 Å². The first kappa shape index (κ1) is 13.0. The van der Waals surface area contributed by atoms with Crippen molar-refractivity contribution in [1.29, 1.82) is 0 Å². The second-order valence-corrected chi connectivity index (χ2v) is 4.07. The molecule has 1 saturated carbocycles. The topological polar surface area (TPSA) is 69.6 Å². The third kappa shape index (κ3) is 4.18. The van der Waals surface area contributed by atoms with E-state index in [1.165, 1.54) is 0 Å². The molecule has 2 N–H and O–H groups in total. The zero-order valence-corrected chi connectivity index (χ0v) is 9.74. The minimum absolute atomic E-state index is 0.0227. The third-order valence-corrected chi connectivity index (χ3v) is 2.56. The quantitative estimate of drug-likeness (QED) is 0.638. The van der Waals surface area contributed by atoms with Crippen LogP contribution in [0.3, 0.4) is 0 Å². The van der Waals surface area contributed by atoms with Gasteiger partial charge in [-0.15, -0.1) is 0 Å².